The molecule has 0 saturated carbocycles. The molecule has 36 heavy (non-hydrogen) atoms. The number of hydrogen-bond acceptors (Lipinski definition) is 11. The van der Waals surface area contributed by atoms with Crippen LogP contribution in [0.15, 0.2) is 35.6 Å². The van der Waals surface area contributed by atoms with Gasteiger partial charge in [-0.05, 0) is 30.7 Å². The van der Waals surface area contributed by atoms with Gasteiger partial charge in [0.25, 0.3) is 0 Å². The van der Waals surface area contributed by atoms with Gasteiger partial charge in [-0.3, -0.25) is 14.9 Å². The second-order valence-electron chi connectivity index (χ2n) is 8.10. The molecule has 4 rings (SSSR count). The smallest absolute Gasteiger partial charge is 0.321 e. The first-order chi connectivity index (χ1) is 17.5. The van der Waals surface area contributed by atoms with Gasteiger partial charge in [0, 0.05) is 38.6 Å². The minimum atomic E-state index is -1.17. The summed E-state index contributed by atoms with van der Waals surface area (Å²) in [6.45, 7) is 4.30. The van der Waals surface area contributed by atoms with E-state index < -0.39 is 23.8 Å². The van der Waals surface area contributed by atoms with E-state index in [1.165, 1.54) is 21.3 Å². The third kappa shape index (κ3) is 4.97. The van der Waals surface area contributed by atoms with Crippen molar-refractivity contribution in [3.05, 3.63) is 36.2 Å². The third-order valence-corrected chi connectivity index (χ3v) is 6.08. The summed E-state index contributed by atoms with van der Waals surface area (Å²) in [4.78, 5) is 43.5. The van der Waals surface area contributed by atoms with Gasteiger partial charge >= 0.3 is 5.97 Å². The predicted molar refractivity (Wildman–Crippen MR) is 130 cm³/mol. The van der Waals surface area contributed by atoms with Gasteiger partial charge in [-0.1, -0.05) is 0 Å². The summed E-state index contributed by atoms with van der Waals surface area (Å²) in [5.41, 5.74) is 0.561. The minimum absolute atomic E-state index is 0.144. The van der Waals surface area contributed by atoms with E-state index in [-0.39, 0.29) is 6.61 Å². The lowest BCUT2D eigenvalue weighted by atomic mass is 9.90. The molecule has 12 nitrogen and oxygen atoms in total. The van der Waals surface area contributed by atoms with E-state index in [9.17, 15) is 9.59 Å². The van der Waals surface area contributed by atoms with E-state index in [1.54, 1.807) is 37.5 Å². The Morgan fingerprint density at radius 1 is 1.00 bits per heavy atom. The topological polar surface area (TPSA) is 128 Å². The number of ether oxygens (including phenoxy) is 4. The average Bonchev–Trinajstić information content (AvgIpc) is 2.92. The normalized spacial score (nSPS) is 19.8. The van der Waals surface area contributed by atoms with Crippen molar-refractivity contribution >= 4 is 23.8 Å². The van der Waals surface area contributed by atoms with Crippen molar-refractivity contribution in [2.45, 2.75) is 13.0 Å². The fourth-order valence-corrected chi connectivity index (χ4v) is 4.31. The molecule has 1 saturated heterocycles. The third-order valence-electron chi connectivity index (χ3n) is 6.08. The first-order valence-corrected chi connectivity index (χ1v) is 11.6. The Hall–Kier alpha value is -4.09. The maximum absolute atomic E-state index is 13.2. The molecule has 1 N–H and O–H groups in total. The zero-order chi connectivity index (χ0) is 25.7. The summed E-state index contributed by atoms with van der Waals surface area (Å²) >= 11 is 0. The minimum Gasteiger partial charge on any atom is -0.493 e. The number of guanidine groups is 1. The Morgan fingerprint density at radius 2 is 1.61 bits per heavy atom. The number of carbonyl (C=O) groups excluding carboxylic acids is 2. The molecule has 0 spiro atoms. The fraction of sp³-hybridized carbons (Fsp3) is 0.458. The van der Waals surface area contributed by atoms with Gasteiger partial charge in [0.1, 0.15) is 6.04 Å². The lowest BCUT2D eigenvalue weighted by Gasteiger charge is -2.38. The van der Waals surface area contributed by atoms with Crippen molar-refractivity contribution in [1.29, 1.82) is 0 Å². The summed E-state index contributed by atoms with van der Waals surface area (Å²) in [5, 5.41) is 2.81. The van der Waals surface area contributed by atoms with Crippen LogP contribution in [-0.2, 0) is 14.3 Å². The van der Waals surface area contributed by atoms with E-state index in [0.717, 1.165) is 0 Å². The number of carbonyl (C=O) groups is 2. The molecule has 2 aliphatic heterocycles. The maximum atomic E-state index is 13.2. The Balaban J connectivity index is 1.67. The van der Waals surface area contributed by atoms with Gasteiger partial charge in [-0.2, -0.15) is 0 Å². The Labute approximate surface area is 209 Å². The second kappa shape index (κ2) is 11.1. The van der Waals surface area contributed by atoms with Gasteiger partial charge in [0.05, 0.1) is 27.9 Å². The molecule has 1 aromatic heterocycles. The molecule has 3 heterocycles. The number of esters is 1. The molecule has 0 radical (unpaired) electrons. The molecular weight excluding hydrogens is 468 g/mol. The van der Waals surface area contributed by atoms with Crippen molar-refractivity contribution in [3.63, 3.8) is 0 Å². The van der Waals surface area contributed by atoms with Crippen LogP contribution in [-0.4, -0.2) is 86.8 Å². The van der Waals surface area contributed by atoms with Crippen LogP contribution >= 0.6 is 0 Å². The second-order valence-corrected chi connectivity index (χ2v) is 8.10. The molecule has 2 atom stereocenters. The van der Waals surface area contributed by atoms with E-state index in [2.05, 4.69) is 20.2 Å². The highest BCUT2D eigenvalue weighted by atomic mass is 16.5. The SMILES string of the molecule is CCOC(=O)[C@H]1C(=O)NC(N2CCN(c3ncccn3)CC2)=N[C@H]1c1cc(OC)c(OC)c(OC)c1. The first kappa shape index (κ1) is 25.0. The number of nitrogens with one attached hydrogen (secondary N) is 1. The number of nitrogens with zero attached hydrogens (tertiary/aromatic N) is 5. The molecule has 1 aromatic carbocycles. The number of piperazine rings is 1. The van der Waals surface area contributed by atoms with Crippen molar-refractivity contribution in [2.75, 3.05) is 59.0 Å². The summed E-state index contributed by atoms with van der Waals surface area (Å²) in [7, 11) is 4.51. The van der Waals surface area contributed by atoms with E-state index >= 15 is 0 Å². The number of benzene rings is 1. The van der Waals surface area contributed by atoms with Gasteiger partial charge < -0.3 is 28.7 Å². The van der Waals surface area contributed by atoms with Crippen LogP contribution in [0.1, 0.15) is 18.5 Å². The van der Waals surface area contributed by atoms with Crippen LogP contribution in [0.25, 0.3) is 0 Å². The molecule has 1 amide bonds. The van der Waals surface area contributed by atoms with Crippen molar-refractivity contribution in [2.24, 2.45) is 10.9 Å². The summed E-state index contributed by atoms with van der Waals surface area (Å²) in [6.07, 6.45) is 3.41. The van der Waals surface area contributed by atoms with E-state index in [4.69, 9.17) is 23.9 Å². The monoisotopic (exact) mass is 498 g/mol. The van der Waals surface area contributed by atoms with Crippen LogP contribution in [0.4, 0.5) is 5.95 Å². The quantitative estimate of drug-likeness (QED) is 0.437. The number of anilines is 1. The van der Waals surface area contributed by atoms with E-state index in [0.29, 0.717) is 60.9 Å². The molecule has 192 valence electrons. The highest BCUT2D eigenvalue weighted by Gasteiger charge is 2.43. The standard InChI is InChI=1S/C24H30N6O6/c1-5-36-22(32)18-19(15-13-16(33-2)20(35-4)17(14-15)34-3)27-24(28-21(18)31)30-11-9-29(10-12-30)23-25-7-6-8-26-23/h6-8,13-14,18-19H,5,9-12H2,1-4H3,(H,27,28,31)/t18-,19+/m1/s1. The van der Waals surface area contributed by atoms with E-state index in [1.807, 2.05) is 4.90 Å². The molecule has 0 bridgehead atoms. The zero-order valence-corrected chi connectivity index (χ0v) is 20.8. The van der Waals surface area contributed by atoms with Crippen molar-refractivity contribution in [1.82, 2.24) is 20.2 Å². The fourth-order valence-electron chi connectivity index (χ4n) is 4.31. The zero-order valence-electron chi connectivity index (χ0n) is 20.8. The Bertz CT molecular complexity index is 1090. The van der Waals surface area contributed by atoms with Gasteiger partial charge in [-0.15, -0.1) is 0 Å². The first-order valence-electron chi connectivity index (χ1n) is 11.6. The molecule has 2 aromatic rings. The molecule has 12 heteroatoms. The van der Waals surface area contributed by atoms with Crippen LogP contribution in [0.5, 0.6) is 17.2 Å². The lowest BCUT2D eigenvalue weighted by Crippen LogP contribution is -2.57. The number of hydrogen-bond donors (Lipinski definition) is 1. The lowest BCUT2D eigenvalue weighted by molar-refractivity contribution is -0.153. The van der Waals surface area contributed by atoms with Crippen LogP contribution in [0, 0.1) is 5.92 Å². The number of aromatic nitrogens is 2. The number of methoxy groups -OCH3 is 3. The van der Waals surface area contributed by atoms with Crippen molar-refractivity contribution in [3.8, 4) is 17.2 Å². The summed E-state index contributed by atoms with van der Waals surface area (Å²) in [5.74, 6) is -0.0519. The van der Waals surface area contributed by atoms with Crippen LogP contribution < -0.4 is 24.4 Å². The summed E-state index contributed by atoms with van der Waals surface area (Å²) in [6, 6.07) is 4.32. The largest absolute Gasteiger partial charge is 0.493 e. The Kier molecular flexibility index (Phi) is 7.71. The number of rotatable bonds is 7. The van der Waals surface area contributed by atoms with Gasteiger partial charge in [0.15, 0.2) is 17.4 Å². The molecular formula is C24H30N6O6. The van der Waals surface area contributed by atoms with Crippen LogP contribution in [0.3, 0.4) is 0 Å². The van der Waals surface area contributed by atoms with Gasteiger partial charge in [0.2, 0.25) is 23.6 Å². The predicted octanol–water partition coefficient (Wildman–Crippen LogP) is 1.03. The molecule has 0 unspecified atom stereocenters. The highest BCUT2D eigenvalue weighted by Crippen LogP contribution is 2.42. The number of amides is 1. The maximum Gasteiger partial charge on any atom is 0.321 e. The number of aliphatic imine (C=N–C) groups is 1. The molecule has 1 fully saturated rings. The van der Waals surface area contributed by atoms with Gasteiger partial charge in [-0.25, -0.2) is 15.0 Å². The van der Waals surface area contributed by atoms with Crippen molar-refractivity contribution < 1.29 is 28.5 Å². The Morgan fingerprint density at radius 3 is 2.17 bits per heavy atom. The summed E-state index contributed by atoms with van der Waals surface area (Å²) < 4.78 is 21.6. The average molecular weight is 499 g/mol. The molecule has 2 aliphatic rings. The molecule has 0 aliphatic carbocycles. The highest BCUT2D eigenvalue weighted by molar-refractivity contribution is 6.08. The van der Waals surface area contributed by atoms with Crippen LogP contribution in [0.2, 0.25) is 0 Å².